The highest BCUT2D eigenvalue weighted by atomic mass is 32.2. The van der Waals surface area contributed by atoms with Crippen LogP contribution in [-0.2, 0) is 4.79 Å². The SMILES string of the molecule is CCCCCNC(=O)[C@H]1CS[C@H](C(C)C)N1C(=O)c1ccc(F)cc1. The van der Waals surface area contributed by atoms with Gasteiger partial charge in [-0.15, -0.1) is 11.8 Å². The Morgan fingerprint density at radius 1 is 1.28 bits per heavy atom. The average molecular weight is 367 g/mol. The van der Waals surface area contributed by atoms with Crippen LogP contribution in [0.3, 0.4) is 0 Å². The fourth-order valence-corrected chi connectivity index (χ4v) is 4.43. The Morgan fingerprint density at radius 2 is 1.96 bits per heavy atom. The van der Waals surface area contributed by atoms with Crippen molar-refractivity contribution in [1.29, 1.82) is 0 Å². The predicted octanol–water partition coefficient (Wildman–Crippen LogP) is 3.67. The first kappa shape index (κ1) is 19.8. The number of halogens is 1. The molecule has 1 fully saturated rings. The van der Waals surface area contributed by atoms with Crippen LogP contribution in [0.25, 0.3) is 0 Å². The van der Waals surface area contributed by atoms with E-state index in [-0.39, 0.29) is 28.9 Å². The third-order valence-electron chi connectivity index (χ3n) is 4.31. The van der Waals surface area contributed by atoms with Crippen molar-refractivity contribution in [2.24, 2.45) is 5.92 Å². The van der Waals surface area contributed by atoms with E-state index in [4.69, 9.17) is 0 Å². The standard InChI is InChI=1S/C19H27FN2O2S/c1-4-5-6-11-21-17(23)16-12-25-19(13(2)3)22(16)18(24)14-7-9-15(20)10-8-14/h7-10,13,16,19H,4-6,11-12H2,1-3H3,(H,21,23)/t16-,19-/m1/s1. The van der Waals surface area contributed by atoms with Crippen molar-refractivity contribution in [1.82, 2.24) is 10.2 Å². The van der Waals surface area contributed by atoms with E-state index in [1.165, 1.54) is 24.3 Å². The fraction of sp³-hybridized carbons (Fsp3) is 0.579. The molecule has 138 valence electrons. The largest absolute Gasteiger partial charge is 0.354 e. The van der Waals surface area contributed by atoms with Gasteiger partial charge in [-0.05, 0) is 36.6 Å². The highest BCUT2D eigenvalue weighted by Crippen LogP contribution is 2.35. The second-order valence-electron chi connectivity index (χ2n) is 6.70. The molecule has 1 saturated heterocycles. The number of carbonyl (C=O) groups is 2. The molecule has 2 atom stereocenters. The van der Waals surface area contributed by atoms with Gasteiger partial charge in [-0.3, -0.25) is 9.59 Å². The van der Waals surface area contributed by atoms with Gasteiger partial charge in [0.05, 0.1) is 5.37 Å². The van der Waals surface area contributed by atoms with Crippen LogP contribution < -0.4 is 5.32 Å². The summed E-state index contributed by atoms with van der Waals surface area (Å²) in [5, 5.41) is 2.91. The van der Waals surface area contributed by atoms with Crippen molar-refractivity contribution in [2.45, 2.75) is 51.4 Å². The molecule has 0 saturated carbocycles. The zero-order valence-corrected chi connectivity index (χ0v) is 15.9. The summed E-state index contributed by atoms with van der Waals surface area (Å²) >= 11 is 1.64. The first-order chi connectivity index (χ1) is 12.0. The molecule has 25 heavy (non-hydrogen) atoms. The maximum Gasteiger partial charge on any atom is 0.255 e. The minimum Gasteiger partial charge on any atom is -0.354 e. The number of nitrogens with one attached hydrogen (secondary N) is 1. The van der Waals surface area contributed by atoms with E-state index in [1.807, 2.05) is 13.8 Å². The summed E-state index contributed by atoms with van der Waals surface area (Å²) in [6, 6.07) is 5.04. The highest BCUT2D eigenvalue weighted by molar-refractivity contribution is 8.00. The number of unbranched alkanes of at least 4 members (excludes halogenated alkanes) is 2. The number of thioether (sulfide) groups is 1. The first-order valence-corrected chi connectivity index (χ1v) is 9.98. The Morgan fingerprint density at radius 3 is 2.56 bits per heavy atom. The molecule has 2 rings (SSSR count). The van der Waals surface area contributed by atoms with Crippen LogP contribution in [0.5, 0.6) is 0 Å². The number of amides is 2. The number of hydrogen-bond acceptors (Lipinski definition) is 3. The van der Waals surface area contributed by atoms with Crippen LogP contribution in [0, 0.1) is 11.7 Å². The normalized spacial score (nSPS) is 20.1. The van der Waals surface area contributed by atoms with Crippen molar-refractivity contribution in [2.75, 3.05) is 12.3 Å². The molecule has 0 bridgehead atoms. The Kier molecular flexibility index (Phi) is 7.29. The van der Waals surface area contributed by atoms with Crippen molar-refractivity contribution >= 4 is 23.6 Å². The van der Waals surface area contributed by atoms with Crippen LogP contribution in [0.2, 0.25) is 0 Å². The number of nitrogens with zero attached hydrogens (tertiary/aromatic N) is 1. The van der Waals surface area contributed by atoms with Crippen LogP contribution in [-0.4, -0.2) is 40.4 Å². The molecule has 1 aromatic carbocycles. The fourth-order valence-electron chi connectivity index (χ4n) is 2.95. The molecule has 6 heteroatoms. The summed E-state index contributed by atoms with van der Waals surface area (Å²) in [4.78, 5) is 27.3. The maximum atomic E-state index is 13.1. The van der Waals surface area contributed by atoms with Crippen molar-refractivity contribution in [3.8, 4) is 0 Å². The second kappa shape index (κ2) is 9.22. The van der Waals surface area contributed by atoms with E-state index >= 15 is 0 Å². The lowest BCUT2D eigenvalue weighted by molar-refractivity contribution is -0.124. The number of carbonyl (C=O) groups excluding carboxylic acids is 2. The van der Waals surface area contributed by atoms with Gasteiger partial charge >= 0.3 is 0 Å². The summed E-state index contributed by atoms with van der Waals surface area (Å²) in [6.07, 6.45) is 3.12. The smallest absolute Gasteiger partial charge is 0.255 e. The van der Waals surface area contributed by atoms with Gasteiger partial charge in [0.2, 0.25) is 5.91 Å². The number of benzene rings is 1. The molecule has 4 nitrogen and oxygen atoms in total. The molecule has 1 heterocycles. The molecule has 1 aliphatic heterocycles. The Balaban J connectivity index is 2.14. The third kappa shape index (κ3) is 4.97. The predicted molar refractivity (Wildman–Crippen MR) is 100.0 cm³/mol. The van der Waals surface area contributed by atoms with Gasteiger partial charge in [0.1, 0.15) is 11.9 Å². The zero-order chi connectivity index (χ0) is 18.4. The highest BCUT2D eigenvalue weighted by Gasteiger charge is 2.42. The van der Waals surface area contributed by atoms with Gasteiger partial charge in [0, 0.05) is 17.9 Å². The van der Waals surface area contributed by atoms with E-state index < -0.39 is 6.04 Å². The molecule has 1 aromatic rings. The van der Waals surface area contributed by atoms with Gasteiger partial charge in [-0.2, -0.15) is 0 Å². The van der Waals surface area contributed by atoms with Crippen LogP contribution >= 0.6 is 11.8 Å². The molecule has 0 unspecified atom stereocenters. The summed E-state index contributed by atoms with van der Waals surface area (Å²) in [6.45, 7) is 6.85. The van der Waals surface area contributed by atoms with Crippen molar-refractivity contribution in [3.05, 3.63) is 35.6 Å². The molecule has 0 radical (unpaired) electrons. The van der Waals surface area contributed by atoms with Gasteiger partial charge in [-0.1, -0.05) is 33.6 Å². The van der Waals surface area contributed by atoms with Crippen LogP contribution in [0.1, 0.15) is 50.4 Å². The summed E-state index contributed by atoms with van der Waals surface area (Å²) in [7, 11) is 0. The van der Waals surface area contributed by atoms with Gasteiger partial charge < -0.3 is 10.2 Å². The lowest BCUT2D eigenvalue weighted by Gasteiger charge is -2.31. The average Bonchev–Trinajstić information content (AvgIpc) is 3.04. The first-order valence-electron chi connectivity index (χ1n) is 8.93. The van der Waals surface area contributed by atoms with Crippen molar-refractivity contribution < 1.29 is 14.0 Å². The van der Waals surface area contributed by atoms with Crippen LogP contribution in [0.15, 0.2) is 24.3 Å². The molecule has 1 aliphatic rings. The molecule has 0 aliphatic carbocycles. The molecular weight excluding hydrogens is 339 g/mol. The van der Waals surface area contributed by atoms with E-state index in [2.05, 4.69) is 12.2 Å². The Labute approximate surface area is 153 Å². The van der Waals surface area contributed by atoms with E-state index in [0.29, 0.717) is 17.9 Å². The summed E-state index contributed by atoms with van der Waals surface area (Å²) < 4.78 is 13.1. The van der Waals surface area contributed by atoms with Gasteiger partial charge in [0.25, 0.3) is 5.91 Å². The number of rotatable bonds is 7. The minimum absolute atomic E-state index is 0.0519. The lowest BCUT2D eigenvalue weighted by Crippen LogP contribution is -2.51. The monoisotopic (exact) mass is 366 g/mol. The van der Waals surface area contributed by atoms with E-state index in [9.17, 15) is 14.0 Å². The maximum absolute atomic E-state index is 13.1. The zero-order valence-electron chi connectivity index (χ0n) is 15.1. The molecule has 0 aromatic heterocycles. The molecule has 0 spiro atoms. The lowest BCUT2D eigenvalue weighted by atomic mass is 10.1. The quantitative estimate of drug-likeness (QED) is 0.749. The topological polar surface area (TPSA) is 49.4 Å². The van der Waals surface area contributed by atoms with Crippen LogP contribution in [0.4, 0.5) is 4.39 Å². The van der Waals surface area contributed by atoms with Gasteiger partial charge in [0.15, 0.2) is 0 Å². The van der Waals surface area contributed by atoms with E-state index in [0.717, 1.165) is 19.3 Å². The van der Waals surface area contributed by atoms with E-state index in [1.54, 1.807) is 16.7 Å². The van der Waals surface area contributed by atoms with Crippen molar-refractivity contribution in [3.63, 3.8) is 0 Å². The Hall–Kier alpha value is -1.56. The summed E-state index contributed by atoms with van der Waals surface area (Å²) in [5.74, 6) is 0.139. The molecule has 1 N–H and O–H groups in total. The molecular formula is C19H27FN2O2S. The number of hydrogen-bond donors (Lipinski definition) is 1. The summed E-state index contributed by atoms with van der Waals surface area (Å²) in [5.41, 5.74) is 0.415. The van der Waals surface area contributed by atoms with Gasteiger partial charge in [-0.25, -0.2) is 4.39 Å². The Bertz CT molecular complexity index is 592. The second-order valence-corrected chi connectivity index (χ2v) is 7.85. The minimum atomic E-state index is -0.475. The molecule has 2 amide bonds. The third-order valence-corrected chi connectivity index (χ3v) is 5.93.